The highest BCUT2D eigenvalue weighted by molar-refractivity contribution is 7.80. The monoisotopic (exact) mass is 313 g/mol. The van der Waals surface area contributed by atoms with Crippen molar-refractivity contribution >= 4 is 46.7 Å². The minimum absolute atomic E-state index is 0.0842. The van der Waals surface area contributed by atoms with E-state index >= 15 is 0 Å². The van der Waals surface area contributed by atoms with E-state index in [0.29, 0.717) is 21.6 Å². The smallest absolute Gasteiger partial charge is 0.184 e. The normalized spacial score (nSPS) is 10.8. The van der Waals surface area contributed by atoms with Gasteiger partial charge in [-0.1, -0.05) is 23.2 Å². The number of hydrazone groups is 1. The quantitative estimate of drug-likeness (QED) is 0.518. The van der Waals surface area contributed by atoms with Crippen LogP contribution in [-0.4, -0.2) is 11.3 Å². The highest BCUT2D eigenvalue weighted by Crippen LogP contribution is 2.31. The largest absolute Gasteiger partial charge is 0.455 e. The van der Waals surface area contributed by atoms with Gasteiger partial charge in [-0.15, -0.1) is 0 Å². The van der Waals surface area contributed by atoms with Crippen LogP contribution in [-0.2, 0) is 0 Å². The van der Waals surface area contributed by atoms with Gasteiger partial charge in [0.15, 0.2) is 5.11 Å². The fourth-order valence-electron chi connectivity index (χ4n) is 1.41. The molecule has 3 N–H and O–H groups in total. The molecule has 0 radical (unpaired) electrons. The average Bonchev–Trinajstić information content (AvgIpc) is 2.80. The summed E-state index contributed by atoms with van der Waals surface area (Å²) in [5, 5.41) is 5.02. The van der Waals surface area contributed by atoms with E-state index in [1.54, 1.807) is 30.3 Å². The Morgan fingerprint density at radius 1 is 1.32 bits per heavy atom. The van der Waals surface area contributed by atoms with Crippen LogP contribution in [0.15, 0.2) is 39.9 Å². The number of nitrogens with two attached hydrogens (primary N) is 1. The molecule has 4 nitrogen and oxygen atoms in total. The number of rotatable bonds is 3. The Bertz CT molecular complexity index is 640. The number of halogens is 2. The second kappa shape index (κ2) is 6.06. The minimum Gasteiger partial charge on any atom is -0.455 e. The number of hydrogen-bond acceptors (Lipinski definition) is 3. The molecule has 0 amide bonds. The van der Waals surface area contributed by atoms with Crippen molar-refractivity contribution in [2.45, 2.75) is 0 Å². The van der Waals surface area contributed by atoms with Crippen molar-refractivity contribution in [2.75, 3.05) is 0 Å². The summed E-state index contributed by atoms with van der Waals surface area (Å²) in [5.41, 5.74) is 8.39. The van der Waals surface area contributed by atoms with Crippen LogP contribution < -0.4 is 11.2 Å². The summed E-state index contributed by atoms with van der Waals surface area (Å²) in [6.07, 6.45) is 1.46. The molecule has 0 aliphatic rings. The van der Waals surface area contributed by atoms with Crippen molar-refractivity contribution in [3.63, 3.8) is 0 Å². The van der Waals surface area contributed by atoms with E-state index < -0.39 is 0 Å². The molecule has 1 aromatic heterocycles. The molecular formula is C12H9Cl2N3OS. The Morgan fingerprint density at radius 3 is 2.84 bits per heavy atom. The summed E-state index contributed by atoms with van der Waals surface area (Å²) in [6.45, 7) is 0. The molecule has 0 unspecified atom stereocenters. The molecule has 2 rings (SSSR count). The second-order valence-electron chi connectivity index (χ2n) is 3.56. The number of thiocarbonyl (C=S) groups is 1. The molecule has 0 atom stereocenters. The topological polar surface area (TPSA) is 63.5 Å². The zero-order chi connectivity index (χ0) is 13.8. The highest BCUT2D eigenvalue weighted by atomic mass is 35.5. The van der Waals surface area contributed by atoms with Crippen molar-refractivity contribution in [1.29, 1.82) is 0 Å². The van der Waals surface area contributed by atoms with Gasteiger partial charge in [0.25, 0.3) is 0 Å². The lowest BCUT2D eigenvalue weighted by Crippen LogP contribution is -2.23. The summed E-state index contributed by atoms with van der Waals surface area (Å²) in [4.78, 5) is 0. The Labute approximate surface area is 125 Å². The summed E-state index contributed by atoms with van der Waals surface area (Å²) < 4.78 is 5.57. The fourth-order valence-corrected chi connectivity index (χ4v) is 1.85. The molecule has 1 heterocycles. The van der Waals surface area contributed by atoms with Gasteiger partial charge in [0, 0.05) is 10.6 Å². The van der Waals surface area contributed by atoms with Gasteiger partial charge in [-0.25, -0.2) is 0 Å². The van der Waals surface area contributed by atoms with Crippen molar-refractivity contribution in [2.24, 2.45) is 10.8 Å². The van der Waals surface area contributed by atoms with E-state index in [-0.39, 0.29) is 5.11 Å². The van der Waals surface area contributed by atoms with Crippen LogP contribution in [0.1, 0.15) is 5.76 Å². The molecule has 0 saturated carbocycles. The molecule has 0 aliphatic heterocycles. The SMILES string of the molecule is NC(=S)NN=Cc1ccc(-c2cc(Cl)ccc2Cl)o1. The van der Waals surface area contributed by atoms with Crippen molar-refractivity contribution < 1.29 is 4.42 Å². The Morgan fingerprint density at radius 2 is 2.11 bits per heavy atom. The zero-order valence-electron chi connectivity index (χ0n) is 9.56. The number of nitrogens with one attached hydrogen (secondary N) is 1. The molecule has 1 aromatic carbocycles. The Hall–Kier alpha value is -1.56. The number of nitrogens with zero attached hydrogens (tertiary/aromatic N) is 1. The first kappa shape index (κ1) is 13.9. The van der Waals surface area contributed by atoms with E-state index in [0.717, 1.165) is 5.56 Å². The number of benzene rings is 1. The lowest BCUT2D eigenvalue weighted by Gasteiger charge is -2.00. The molecular weight excluding hydrogens is 305 g/mol. The molecule has 7 heteroatoms. The Kier molecular flexibility index (Phi) is 4.42. The van der Waals surface area contributed by atoms with Crippen LogP contribution in [0.3, 0.4) is 0 Å². The third-order valence-electron chi connectivity index (χ3n) is 2.19. The molecule has 0 spiro atoms. The van der Waals surface area contributed by atoms with Gasteiger partial charge in [0.05, 0.1) is 11.2 Å². The zero-order valence-corrected chi connectivity index (χ0v) is 11.9. The first-order chi connectivity index (χ1) is 9.06. The summed E-state index contributed by atoms with van der Waals surface area (Å²) in [5.74, 6) is 1.14. The Balaban J connectivity index is 2.23. The van der Waals surface area contributed by atoms with E-state index in [9.17, 15) is 0 Å². The predicted molar refractivity (Wildman–Crippen MR) is 81.7 cm³/mol. The average molecular weight is 314 g/mol. The maximum absolute atomic E-state index is 6.09. The minimum atomic E-state index is 0.0842. The van der Waals surface area contributed by atoms with Gasteiger partial charge >= 0.3 is 0 Å². The molecule has 0 bridgehead atoms. The van der Waals surface area contributed by atoms with Gasteiger partial charge < -0.3 is 10.2 Å². The summed E-state index contributed by atoms with van der Waals surface area (Å²) in [6, 6.07) is 8.68. The molecule has 19 heavy (non-hydrogen) atoms. The first-order valence-corrected chi connectivity index (χ1v) is 6.36. The van der Waals surface area contributed by atoms with E-state index in [2.05, 4.69) is 22.7 Å². The molecule has 2 aromatic rings. The maximum Gasteiger partial charge on any atom is 0.184 e. The van der Waals surface area contributed by atoms with Crippen LogP contribution in [0.4, 0.5) is 0 Å². The predicted octanol–water partition coefficient (Wildman–Crippen LogP) is 3.42. The molecule has 0 fully saturated rings. The highest BCUT2D eigenvalue weighted by Gasteiger charge is 2.08. The maximum atomic E-state index is 6.09. The summed E-state index contributed by atoms with van der Waals surface area (Å²) >= 11 is 16.6. The van der Waals surface area contributed by atoms with Gasteiger partial charge in [0.1, 0.15) is 11.5 Å². The number of hydrogen-bond donors (Lipinski definition) is 2. The first-order valence-electron chi connectivity index (χ1n) is 5.20. The van der Waals surface area contributed by atoms with Crippen molar-refractivity contribution in [3.8, 4) is 11.3 Å². The number of furan rings is 1. The fraction of sp³-hybridized carbons (Fsp3) is 0. The lowest BCUT2D eigenvalue weighted by atomic mass is 10.2. The van der Waals surface area contributed by atoms with E-state index in [1.807, 2.05) is 0 Å². The van der Waals surface area contributed by atoms with E-state index in [4.69, 9.17) is 33.4 Å². The van der Waals surface area contributed by atoms with Gasteiger partial charge in [-0.3, -0.25) is 5.43 Å². The van der Waals surface area contributed by atoms with Crippen LogP contribution in [0.2, 0.25) is 10.0 Å². The van der Waals surface area contributed by atoms with Crippen LogP contribution in [0.25, 0.3) is 11.3 Å². The lowest BCUT2D eigenvalue weighted by molar-refractivity contribution is 0.574. The van der Waals surface area contributed by atoms with Crippen molar-refractivity contribution in [1.82, 2.24) is 5.43 Å². The van der Waals surface area contributed by atoms with Gasteiger partial charge in [-0.2, -0.15) is 5.10 Å². The van der Waals surface area contributed by atoms with Crippen LogP contribution in [0, 0.1) is 0 Å². The van der Waals surface area contributed by atoms with Gasteiger partial charge in [-0.05, 0) is 42.5 Å². The third kappa shape index (κ3) is 3.70. The standard InChI is InChI=1S/C12H9Cl2N3OS/c13-7-1-3-10(14)9(5-7)11-4-2-8(18-11)6-16-17-12(15)19/h1-6H,(H3,15,17,19). The second-order valence-corrected chi connectivity index (χ2v) is 4.84. The van der Waals surface area contributed by atoms with Crippen molar-refractivity contribution in [3.05, 3.63) is 46.1 Å². The molecule has 0 aliphatic carbocycles. The molecule has 0 saturated heterocycles. The van der Waals surface area contributed by atoms with Crippen LogP contribution in [0.5, 0.6) is 0 Å². The van der Waals surface area contributed by atoms with Crippen LogP contribution >= 0.6 is 35.4 Å². The van der Waals surface area contributed by atoms with E-state index in [1.165, 1.54) is 6.21 Å². The summed E-state index contributed by atoms with van der Waals surface area (Å²) in [7, 11) is 0. The third-order valence-corrected chi connectivity index (χ3v) is 2.84. The van der Waals surface area contributed by atoms with Gasteiger partial charge in [0.2, 0.25) is 0 Å². The molecule has 98 valence electrons.